The monoisotopic (exact) mass is 344 g/mol. The van der Waals surface area contributed by atoms with Crippen LogP contribution in [0.3, 0.4) is 0 Å². The Kier molecular flexibility index (Phi) is 3.87. The first kappa shape index (κ1) is 13.6. The van der Waals surface area contributed by atoms with Crippen molar-refractivity contribution in [1.82, 2.24) is 14.8 Å². The SMILES string of the molecule is Oc1c(Br)cccc1CNc1ccc(-n2cncn2)cc1. The first-order chi connectivity index (χ1) is 10.2. The second-order valence-electron chi connectivity index (χ2n) is 4.49. The van der Waals surface area contributed by atoms with Crippen LogP contribution in [0.2, 0.25) is 0 Å². The van der Waals surface area contributed by atoms with E-state index >= 15 is 0 Å². The number of halogens is 1. The van der Waals surface area contributed by atoms with Gasteiger partial charge in [0.15, 0.2) is 0 Å². The van der Waals surface area contributed by atoms with E-state index in [9.17, 15) is 5.11 Å². The molecule has 0 aliphatic rings. The summed E-state index contributed by atoms with van der Waals surface area (Å²) in [5.41, 5.74) is 2.76. The fraction of sp³-hybridized carbons (Fsp3) is 0.0667. The van der Waals surface area contributed by atoms with Gasteiger partial charge in [-0.15, -0.1) is 0 Å². The van der Waals surface area contributed by atoms with Crippen LogP contribution in [-0.4, -0.2) is 19.9 Å². The van der Waals surface area contributed by atoms with Crippen LogP contribution < -0.4 is 5.32 Å². The molecule has 21 heavy (non-hydrogen) atoms. The van der Waals surface area contributed by atoms with Crippen molar-refractivity contribution in [2.75, 3.05) is 5.32 Å². The maximum absolute atomic E-state index is 9.94. The van der Waals surface area contributed by atoms with Crippen molar-refractivity contribution in [3.63, 3.8) is 0 Å². The maximum Gasteiger partial charge on any atom is 0.138 e. The highest BCUT2D eigenvalue weighted by atomic mass is 79.9. The van der Waals surface area contributed by atoms with Gasteiger partial charge in [0.25, 0.3) is 0 Å². The Bertz CT molecular complexity index is 726. The quantitative estimate of drug-likeness (QED) is 0.761. The number of nitrogens with one attached hydrogen (secondary N) is 1. The number of nitrogens with zero attached hydrogens (tertiary/aromatic N) is 3. The molecule has 1 heterocycles. The summed E-state index contributed by atoms with van der Waals surface area (Å²) in [4.78, 5) is 3.92. The van der Waals surface area contributed by atoms with E-state index in [4.69, 9.17) is 0 Å². The van der Waals surface area contributed by atoms with Crippen LogP contribution in [0, 0.1) is 0 Å². The molecule has 0 bridgehead atoms. The normalized spacial score (nSPS) is 10.5. The van der Waals surface area contributed by atoms with Crippen LogP contribution in [0.5, 0.6) is 5.75 Å². The number of para-hydroxylation sites is 1. The molecule has 1 aromatic heterocycles. The van der Waals surface area contributed by atoms with Crippen LogP contribution in [0.15, 0.2) is 59.6 Å². The van der Waals surface area contributed by atoms with Crippen molar-refractivity contribution in [1.29, 1.82) is 0 Å². The molecule has 5 nitrogen and oxygen atoms in total. The highest BCUT2D eigenvalue weighted by Crippen LogP contribution is 2.28. The third kappa shape index (κ3) is 3.05. The summed E-state index contributed by atoms with van der Waals surface area (Å²) in [5.74, 6) is 0.268. The van der Waals surface area contributed by atoms with Crippen molar-refractivity contribution in [3.05, 3.63) is 65.2 Å². The van der Waals surface area contributed by atoms with Gasteiger partial charge in [0.2, 0.25) is 0 Å². The molecular formula is C15H13BrN4O. The van der Waals surface area contributed by atoms with E-state index in [1.807, 2.05) is 42.5 Å². The predicted molar refractivity (Wildman–Crippen MR) is 84.5 cm³/mol. The highest BCUT2D eigenvalue weighted by molar-refractivity contribution is 9.10. The third-order valence-electron chi connectivity index (χ3n) is 3.10. The lowest BCUT2D eigenvalue weighted by Crippen LogP contribution is -2.00. The third-order valence-corrected chi connectivity index (χ3v) is 3.74. The number of aromatic hydroxyl groups is 1. The van der Waals surface area contributed by atoms with E-state index in [1.54, 1.807) is 11.0 Å². The summed E-state index contributed by atoms with van der Waals surface area (Å²) in [6, 6.07) is 13.4. The molecule has 0 saturated carbocycles. The van der Waals surface area contributed by atoms with Gasteiger partial charge in [-0.1, -0.05) is 12.1 Å². The molecule has 0 spiro atoms. The lowest BCUT2D eigenvalue weighted by molar-refractivity contribution is 0.465. The molecule has 0 amide bonds. The Labute approximate surface area is 130 Å². The molecule has 6 heteroatoms. The molecule has 2 aromatic carbocycles. The molecule has 0 fully saturated rings. The van der Waals surface area contributed by atoms with Crippen molar-refractivity contribution < 1.29 is 5.11 Å². The van der Waals surface area contributed by atoms with E-state index in [2.05, 4.69) is 31.3 Å². The van der Waals surface area contributed by atoms with Crippen molar-refractivity contribution in [2.24, 2.45) is 0 Å². The number of benzene rings is 2. The molecule has 0 atom stereocenters. The van der Waals surface area contributed by atoms with E-state index in [-0.39, 0.29) is 5.75 Å². The largest absolute Gasteiger partial charge is 0.506 e. The maximum atomic E-state index is 9.94. The number of phenolic OH excluding ortho intramolecular Hbond substituents is 1. The fourth-order valence-corrected chi connectivity index (χ4v) is 2.38. The first-order valence-electron chi connectivity index (χ1n) is 6.39. The molecule has 0 saturated heterocycles. The topological polar surface area (TPSA) is 63.0 Å². The zero-order valence-corrected chi connectivity index (χ0v) is 12.7. The second-order valence-corrected chi connectivity index (χ2v) is 5.34. The van der Waals surface area contributed by atoms with Crippen LogP contribution in [0.1, 0.15) is 5.56 Å². The van der Waals surface area contributed by atoms with Crippen LogP contribution in [0.25, 0.3) is 5.69 Å². The summed E-state index contributed by atoms with van der Waals surface area (Å²) >= 11 is 3.31. The smallest absolute Gasteiger partial charge is 0.138 e. The molecule has 0 aliphatic heterocycles. The minimum Gasteiger partial charge on any atom is -0.506 e. The number of aromatic nitrogens is 3. The minimum atomic E-state index is 0.268. The molecule has 0 aliphatic carbocycles. The van der Waals surface area contributed by atoms with E-state index in [0.717, 1.165) is 16.9 Å². The predicted octanol–water partition coefficient (Wildman–Crippen LogP) is 3.35. The summed E-state index contributed by atoms with van der Waals surface area (Å²) in [6.45, 7) is 0.550. The van der Waals surface area contributed by atoms with Crippen molar-refractivity contribution in [2.45, 2.75) is 6.54 Å². The lowest BCUT2D eigenvalue weighted by atomic mass is 10.2. The average molecular weight is 345 g/mol. The van der Waals surface area contributed by atoms with Gasteiger partial charge in [-0.3, -0.25) is 0 Å². The summed E-state index contributed by atoms with van der Waals surface area (Å²) in [5, 5.41) is 17.3. The molecule has 3 aromatic rings. The van der Waals surface area contributed by atoms with Crippen molar-refractivity contribution in [3.8, 4) is 11.4 Å². The van der Waals surface area contributed by atoms with E-state index < -0.39 is 0 Å². The van der Waals surface area contributed by atoms with Gasteiger partial charge < -0.3 is 10.4 Å². The number of phenols is 1. The van der Waals surface area contributed by atoms with E-state index in [0.29, 0.717) is 11.0 Å². The van der Waals surface area contributed by atoms with Crippen molar-refractivity contribution >= 4 is 21.6 Å². The zero-order valence-electron chi connectivity index (χ0n) is 11.1. The number of anilines is 1. The first-order valence-corrected chi connectivity index (χ1v) is 7.18. The number of rotatable bonds is 4. The van der Waals surface area contributed by atoms with Gasteiger partial charge in [0.1, 0.15) is 18.4 Å². The average Bonchev–Trinajstić information content (AvgIpc) is 3.04. The molecular weight excluding hydrogens is 332 g/mol. The Balaban J connectivity index is 1.70. The number of hydrogen-bond donors (Lipinski definition) is 2. The van der Waals surface area contributed by atoms with Gasteiger partial charge in [-0.05, 0) is 46.3 Å². The Hall–Kier alpha value is -2.34. The standard InChI is InChI=1S/C15H13BrN4O/c16-14-3-1-2-11(15(14)21)8-18-12-4-6-13(7-5-12)20-10-17-9-19-20/h1-7,9-10,18,21H,8H2. The molecule has 0 unspecified atom stereocenters. The Morgan fingerprint density at radius 1 is 1.14 bits per heavy atom. The molecule has 3 rings (SSSR count). The number of hydrogen-bond acceptors (Lipinski definition) is 4. The van der Waals surface area contributed by atoms with E-state index in [1.165, 1.54) is 6.33 Å². The molecule has 106 valence electrons. The highest BCUT2D eigenvalue weighted by Gasteiger charge is 2.04. The molecule has 0 radical (unpaired) electrons. The second kappa shape index (κ2) is 5.97. The van der Waals surface area contributed by atoms with Gasteiger partial charge >= 0.3 is 0 Å². The lowest BCUT2D eigenvalue weighted by Gasteiger charge is -2.10. The summed E-state index contributed by atoms with van der Waals surface area (Å²) < 4.78 is 2.40. The van der Waals surface area contributed by atoms with Gasteiger partial charge in [0, 0.05) is 17.8 Å². The minimum absolute atomic E-state index is 0.268. The van der Waals surface area contributed by atoms with Crippen LogP contribution >= 0.6 is 15.9 Å². The van der Waals surface area contributed by atoms with Crippen LogP contribution in [-0.2, 0) is 6.54 Å². The van der Waals surface area contributed by atoms with Gasteiger partial charge in [-0.25, -0.2) is 9.67 Å². The molecule has 2 N–H and O–H groups in total. The summed E-state index contributed by atoms with van der Waals surface area (Å²) in [7, 11) is 0. The Morgan fingerprint density at radius 2 is 1.95 bits per heavy atom. The van der Waals surface area contributed by atoms with Gasteiger partial charge in [0.05, 0.1) is 10.2 Å². The fourth-order valence-electron chi connectivity index (χ4n) is 1.97. The summed E-state index contributed by atoms with van der Waals surface area (Å²) in [6.07, 6.45) is 3.16. The Morgan fingerprint density at radius 3 is 2.67 bits per heavy atom. The van der Waals surface area contributed by atoms with Gasteiger partial charge in [-0.2, -0.15) is 5.10 Å². The van der Waals surface area contributed by atoms with Crippen LogP contribution in [0.4, 0.5) is 5.69 Å². The zero-order chi connectivity index (χ0) is 14.7.